The first-order chi connectivity index (χ1) is 7.51. The fourth-order valence-corrected chi connectivity index (χ4v) is 1.57. The maximum absolute atomic E-state index is 10.8. The Balaban J connectivity index is 3.42. The van der Waals surface area contributed by atoms with E-state index in [-0.39, 0.29) is 5.17 Å². The molecular weight excluding hydrogens is 226 g/mol. The molecule has 0 unspecified atom stereocenters. The summed E-state index contributed by atoms with van der Waals surface area (Å²) in [5, 5.41) is -0.0837. The van der Waals surface area contributed by atoms with Crippen LogP contribution in [-0.4, -0.2) is 18.6 Å². The van der Waals surface area contributed by atoms with E-state index in [1.165, 1.54) is 7.11 Å². The number of methoxy groups -OCH3 is 1. The maximum atomic E-state index is 10.8. The third-order valence-electron chi connectivity index (χ3n) is 2.24. The molecule has 0 aromatic heterocycles. The summed E-state index contributed by atoms with van der Waals surface area (Å²) in [7, 11) is 1.50. The number of aryl methyl sites for hydroxylation is 1. The van der Waals surface area contributed by atoms with Gasteiger partial charge in [0.15, 0.2) is 11.5 Å². The Hall–Kier alpha value is -1.62. The Kier molecular flexibility index (Phi) is 3.84. The number of hydrogen-bond donors (Lipinski definition) is 1. The fourth-order valence-electron chi connectivity index (χ4n) is 1.48. The molecule has 0 aliphatic heterocycles. The number of rotatable bonds is 3. The van der Waals surface area contributed by atoms with Gasteiger partial charge in [0.25, 0.3) is 5.17 Å². The van der Waals surface area contributed by atoms with Gasteiger partial charge in [-0.15, -0.1) is 0 Å². The van der Waals surface area contributed by atoms with E-state index in [2.05, 4.69) is 12.2 Å². The molecule has 16 heavy (non-hydrogen) atoms. The monoisotopic (exact) mass is 239 g/mol. The molecule has 0 atom stereocenters. The predicted molar refractivity (Wildman–Crippen MR) is 65.3 cm³/mol. The van der Waals surface area contributed by atoms with Gasteiger partial charge in [0, 0.05) is 11.1 Å². The van der Waals surface area contributed by atoms with Crippen LogP contribution in [0.4, 0.5) is 0 Å². The molecule has 0 radical (unpaired) electrons. The standard InChI is InChI=1S/C11H13NO3S/c1-6-4-8(5-13)7(2)10(14-3)9(6)15-11(12)16/h4-5H,1-3H3,(H2,12,16). The van der Waals surface area contributed by atoms with Gasteiger partial charge in [0.1, 0.15) is 6.29 Å². The van der Waals surface area contributed by atoms with Crippen LogP contribution >= 0.6 is 12.2 Å². The van der Waals surface area contributed by atoms with Gasteiger partial charge in [-0.1, -0.05) is 0 Å². The Morgan fingerprint density at radius 3 is 2.50 bits per heavy atom. The zero-order valence-electron chi connectivity index (χ0n) is 9.37. The van der Waals surface area contributed by atoms with Crippen molar-refractivity contribution in [1.29, 1.82) is 0 Å². The van der Waals surface area contributed by atoms with E-state index >= 15 is 0 Å². The van der Waals surface area contributed by atoms with Crippen LogP contribution < -0.4 is 15.2 Å². The Bertz CT molecular complexity index is 443. The SMILES string of the molecule is COc1c(C)c(C=O)cc(C)c1OC(N)=S. The number of carbonyl (C=O) groups excluding carboxylic acids is 1. The largest absolute Gasteiger partial charge is 0.493 e. The summed E-state index contributed by atoms with van der Waals surface area (Å²) < 4.78 is 10.4. The molecule has 86 valence electrons. The molecule has 0 heterocycles. The average Bonchev–Trinajstić information content (AvgIpc) is 2.23. The number of ether oxygens (including phenoxy) is 2. The number of carbonyl (C=O) groups is 1. The summed E-state index contributed by atoms with van der Waals surface area (Å²) in [5.74, 6) is 0.938. The number of nitrogens with two attached hydrogens (primary N) is 1. The molecule has 0 aliphatic rings. The topological polar surface area (TPSA) is 61.5 Å². The third kappa shape index (κ3) is 2.30. The van der Waals surface area contributed by atoms with Crippen LogP contribution in [0, 0.1) is 13.8 Å². The predicted octanol–water partition coefficient (Wildman–Crippen LogP) is 1.75. The van der Waals surface area contributed by atoms with Gasteiger partial charge in [-0.2, -0.15) is 0 Å². The molecule has 1 aromatic rings. The second kappa shape index (κ2) is 4.94. The Morgan fingerprint density at radius 2 is 2.06 bits per heavy atom. The molecule has 1 aromatic carbocycles. The number of benzene rings is 1. The third-order valence-corrected chi connectivity index (χ3v) is 2.33. The minimum absolute atomic E-state index is 0.0837. The van der Waals surface area contributed by atoms with Crippen LogP contribution in [0.3, 0.4) is 0 Å². The molecule has 0 aliphatic carbocycles. The summed E-state index contributed by atoms with van der Waals surface area (Å²) in [6.07, 6.45) is 0.773. The van der Waals surface area contributed by atoms with E-state index in [4.69, 9.17) is 15.2 Å². The smallest absolute Gasteiger partial charge is 0.259 e. The molecule has 0 saturated heterocycles. The van der Waals surface area contributed by atoms with Gasteiger partial charge in [-0.25, -0.2) is 0 Å². The van der Waals surface area contributed by atoms with Gasteiger partial charge in [-0.3, -0.25) is 4.79 Å². The minimum Gasteiger partial charge on any atom is -0.493 e. The van der Waals surface area contributed by atoms with Crippen molar-refractivity contribution in [2.45, 2.75) is 13.8 Å². The fraction of sp³-hybridized carbons (Fsp3) is 0.273. The lowest BCUT2D eigenvalue weighted by atomic mass is 10.0. The highest BCUT2D eigenvalue weighted by Crippen LogP contribution is 2.36. The van der Waals surface area contributed by atoms with Crippen LogP contribution in [-0.2, 0) is 0 Å². The van der Waals surface area contributed by atoms with Crippen LogP contribution in [0.2, 0.25) is 0 Å². The van der Waals surface area contributed by atoms with E-state index in [0.717, 1.165) is 11.8 Å². The highest BCUT2D eigenvalue weighted by atomic mass is 32.1. The highest BCUT2D eigenvalue weighted by molar-refractivity contribution is 7.80. The number of hydrogen-bond acceptors (Lipinski definition) is 4. The van der Waals surface area contributed by atoms with Crippen LogP contribution in [0.25, 0.3) is 0 Å². The van der Waals surface area contributed by atoms with Crippen molar-refractivity contribution < 1.29 is 14.3 Å². The van der Waals surface area contributed by atoms with Crippen LogP contribution in [0.15, 0.2) is 6.07 Å². The molecule has 2 N–H and O–H groups in total. The van der Waals surface area contributed by atoms with Crippen molar-refractivity contribution in [3.05, 3.63) is 22.8 Å². The summed E-state index contributed by atoms with van der Waals surface area (Å²) in [6.45, 7) is 3.57. The molecule has 0 spiro atoms. The van der Waals surface area contributed by atoms with Crippen molar-refractivity contribution in [1.82, 2.24) is 0 Å². The zero-order chi connectivity index (χ0) is 12.3. The molecule has 0 amide bonds. The van der Waals surface area contributed by atoms with E-state index < -0.39 is 0 Å². The summed E-state index contributed by atoms with van der Waals surface area (Å²) in [5.41, 5.74) is 7.33. The molecule has 0 fully saturated rings. The molecular formula is C11H13NO3S. The van der Waals surface area contributed by atoms with Gasteiger partial charge in [-0.05, 0) is 37.7 Å². The molecule has 1 rings (SSSR count). The number of aldehydes is 1. The van der Waals surface area contributed by atoms with Crippen LogP contribution in [0.1, 0.15) is 21.5 Å². The van der Waals surface area contributed by atoms with E-state index in [9.17, 15) is 4.79 Å². The first-order valence-corrected chi connectivity index (χ1v) is 5.02. The Labute approximate surface area is 99.3 Å². The van der Waals surface area contributed by atoms with Crippen LogP contribution in [0.5, 0.6) is 11.5 Å². The van der Waals surface area contributed by atoms with E-state index in [1.54, 1.807) is 19.9 Å². The Morgan fingerprint density at radius 1 is 1.44 bits per heavy atom. The normalized spacial score (nSPS) is 9.69. The van der Waals surface area contributed by atoms with Crippen molar-refractivity contribution >= 4 is 23.7 Å². The molecule has 4 nitrogen and oxygen atoms in total. The lowest BCUT2D eigenvalue weighted by Crippen LogP contribution is -2.17. The van der Waals surface area contributed by atoms with Gasteiger partial charge in [0.05, 0.1) is 7.11 Å². The lowest BCUT2D eigenvalue weighted by molar-refractivity contribution is 0.112. The lowest BCUT2D eigenvalue weighted by Gasteiger charge is -2.15. The summed E-state index contributed by atoms with van der Waals surface area (Å²) in [4.78, 5) is 10.8. The quantitative estimate of drug-likeness (QED) is 0.643. The van der Waals surface area contributed by atoms with Gasteiger partial charge >= 0.3 is 0 Å². The van der Waals surface area contributed by atoms with E-state index in [0.29, 0.717) is 22.6 Å². The first-order valence-electron chi connectivity index (χ1n) is 4.62. The van der Waals surface area contributed by atoms with Gasteiger partial charge in [0.2, 0.25) is 0 Å². The second-order valence-electron chi connectivity index (χ2n) is 3.31. The molecule has 0 saturated carbocycles. The maximum Gasteiger partial charge on any atom is 0.259 e. The second-order valence-corrected chi connectivity index (χ2v) is 3.71. The van der Waals surface area contributed by atoms with E-state index in [1.807, 2.05) is 0 Å². The first kappa shape index (κ1) is 12.4. The zero-order valence-corrected chi connectivity index (χ0v) is 10.2. The number of thiocarbonyl (C=S) groups is 1. The minimum atomic E-state index is -0.0837. The summed E-state index contributed by atoms with van der Waals surface area (Å²) in [6, 6.07) is 1.71. The molecule has 0 bridgehead atoms. The summed E-state index contributed by atoms with van der Waals surface area (Å²) >= 11 is 4.68. The van der Waals surface area contributed by atoms with Crippen molar-refractivity contribution in [2.24, 2.45) is 5.73 Å². The van der Waals surface area contributed by atoms with Crippen molar-refractivity contribution in [3.8, 4) is 11.5 Å². The van der Waals surface area contributed by atoms with Crippen molar-refractivity contribution in [3.63, 3.8) is 0 Å². The van der Waals surface area contributed by atoms with Gasteiger partial charge < -0.3 is 15.2 Å². The highest BCUT2D eigenvalue weighted by Gasteiger charge is 2.15. The molecule has 5 heteroatoms. The average molecular weight is 239 g/mol. The van der Waals surface area contributed by atoms with Crippen molar-refractivity contribution in [2.75, 3.05) is 7.11 Å².